The molecule has 0 aliphatic carbocycles. The topological polar surface area (TPSA) is 50.2 Å². The number of hydrogen-bond donors (Lipinski definition) is 1. The van der Waals surface area contributed by atoms with Crippen molar-refractivity contribution >= 4 is 11.6 Å². The number of fused-ring (bicyclic) bond motifs is 1. The van der Waals surface area contributed by atoms with Crippen LogP contribution in [0.2, 0.25) is 0 Å². The number of benzene rings is 2. The van der Waals surface area contributed by atoms with Gasteiger partial charge in [-0.05, 0) is 42.2 Å². The maximum atomic E-state index is 12.3. The minimum Gasteiger partial charge on any atom is -0.367 e. The Morgan fingerprint density at radius 2 is 1.89 bits per heavy atom. The van der Waals surface area contributed by atoms with E-state index in [9.17, 15) is 4.79 Å². The molecule has 138 valence electrons. The number of anilines is 1. The van der Waals surface area contributed by atoms with Crippen molar-refractivity contribution in [2.75, 3.05) is 11.4 Å². The standard InChI is InChI=1S/C22H24N4O/c1-17(26-13-4-12-24-26)22(27)23-15-18-7-9-19(10-8-18)16-25-14-11-20-5-2-3-6-21(20)25/h2-10,12-13,17H,11,14-16H2,1H3,(H,23,27)/t17-/m1/s1. The Labute approximate surface area is 159 Å². The lowest BCUT2D eigenvalue weighted by atomic mass is 10.1. The van der Waals surface area contributed by atoms with Crippen molar-refractivity contribution in [2.24, 2.45) is 0 Å². The molecule has 27 heavy (non-hydrogen) atoms. The zero-order chi connectivity index (χ0) is 18.6. The maximum absolute atomic E-state index is 12.3. The molecule has 0 unspecified atom stereocenters. The zero-order valence-corrected chi connectivity index (χ0v) is 15.5. The van der Waals surface area contributed by atoms with Crippen molar-refractivity contribution in [1.82, 2.24) is 15.1 Å². The average molecular weight is 360 g/mol. The predicted octanol–water partition coefficient (Wildman–Crippen LogP) is 3.32. The molecule has 1 N–H and O–H groups in total. The third-order valence-electron chi connectivity index (χ3n) is 5.15. The van der Waals surface area contributed by atoms with Crippen LogP contribution in [0.1, 0.15) is 29.7 Å². The number of rotatable bonds is 6. The molecule has 0 spiro atoms. The fourth-order valence-electron chi connectivity index (χ4n) is 3.52. The molecule has 1 aromatic heterocycles. The van der Waals surface area contributed by atoms with E-state index in [-0.39, 0.29) is 11.9 Å². The van der Waals surface area contributed by atoms with Crippen LogP contribution in [0.3, 0.4) is 0 Å². The molecule has 1 amide bonds. The number of carbonyl (C=O) groups is 1. The number of amides is 1. The Morgan fingerprint density at radius 1 is 1.11 bits per heavy atom. The van der Waals surface area contributed by atoms with Gasteiger partial charge >= 0.3 is 0 Å². The highest BCUT2D eigenvalue weighted by Gasteiger charge is 2.18. The van der Waals surface area contributed by atoms with Gasteiger partial charge in [-0.15, -0.1) is 0 Å². The van der Waals surface area contributed by atoms with Gasteiger partial charge in [0, 0.05) is 37.7 Å². The van der Waals surface area contributed by atoms with Crippen LogP contribution in [0.4, 0.5) is 5.69 Å². The predicted molar refractivity (Wildman–Crippen MR) is 106 cm³/mol. The van der Waals surface area contributed by atoms with Crippen LogP contribution in [-0.4, -0.2) is 22.2 Å². The summed E-state index contributed by atoms with van der Waals surface area (Å²) in [5, 5.41) is 7.10. The number of para-hydroxylation sites is 1. The molecular weight excluding hydrogens is 336 g/mol. The SMILES string of the molecule is C[C@H](C(=O)NCc1ccc(CN2CCc3ccccc32)cc1)n1cccn1. The van der Waals surface area contributed by atoms with E-state index in [0.29, 0.717) is 6.54 Å². The van der Waals surface area contributed by atoms with Gasteiger partial charge < -0.3 is 10.2 Å². The first-order valence-electron chi connectivity index (χ1n) is 9.38. The lowest BCUT2D eigenvalue weighted by molar-refractivity contribution is -0.124. The number of carbonyl (C=O) groups excluding carboxylic acids is 1. The number of nitrogens with one attached hydrogen (secondary N) is 1. The van der Waals surface area contributed by atoms with Crippen LogP contribution in [0, 0.1) is 0 Å². The van der Waals surface area contributed by atoms with Gasteiger partial charge in [0.05, 0.1) is 0 Å². The van der Waals surface area contributed by atoms with E-state index in [1.807, 2.05) is 13.0 Å². The second-order valence-electron chi connectivity index (χ2n) is 7.00. The van der Waals surface area contributed by atoms with Crippen molar-refractivity contribution in [1.29, 1.82) is 0 Å². The van der Waals surface area contributed by atoms with E-state index < -0.39 is 0 Å². The van der Waals surface area contributed by atoms with Crippen LogP contribution < -0.4 is 10.2 Å². The molecule has 5 nitrogen and oxygen atoms in total. The maximum Gasteiger partial charge on any atom is 0.244 e. The smallest absolute Gasteiger partial charge is 0.244 e. The van der Waals surface area contributed by atoms with Crippen LogP contribution >= 0.6 is 0 Å². The fourth-order valence-corrected chi connectivity index (χ4v) is 3.52. The molecule has 0 saturated heterocycles. The molecule has 2 heterocycles. The monoisotopic (exact) mass is 360 g/mol. The highest BCUT2D eigenvalue weighted by Crippen LogP contribution is 2.28. The van der Waals surface area contributed by atoms with Gasteiger partial charge in [0.2, 0.25) is 5.91 Å². The Balaban J connectivity index is 1.32. The highest BCUT2D eigenvalue weighted by molar-refractivity contribution is 5.79. The van der Waals surface area contributed by atoms with Gasteiger partial charge in [-0.2, -0.15) is 5.10 Å². The molecule has 0 bridgehead atoms. The van der Waals surface area contributed by atoms with Crippen molar-refractivity contribution in [2.45, 2.75) is 32.5 Å². The van der Waals surface area contributed by atoms with Crippen LogP contribution in [-0.2, 0) is 24.3 Å². The first kappa shape index (κ1) is 17.3. The van der Waals surface area contributed by atoms with Gasteiger partial charge in [0.15, 0.2) is 0 Å². The third kappa shape index (κ3) is 3.87. The average Bonchev–Trinajstić information content (AvgIpc) is 3.37. The molecule has 5 heteroatoms. The number of nitrogens with zero attached hydrogens (tertiary/aromatic N) is 3. The molecule has 2 aromatic carbocycles. The first-order chi connectivity index (χ1) is 13.2. The molecule has 1 aliphatic rings. The minimum absolute atomic E-state index is 0.0311. The second kappa shape index (κ2) is 7.66. The summed E-state index contributed by atoms with van der Waals surface area (Å²) in [6.45, 7) is 4.36. The summed E-state index contributed by atoms with van der Waals surface area (Å²) in [4.78, 5) is 14.7. The second-order valence-corrected chi connectivity index (χ2v) is 7.00. The molecule has 3 aromatic rings. The number of aromatic nitrogens is 2. The summed E-state index contributed by atoms with van der Waals surface area (Å²) in [7, 11) is 0. The molecule has 1 atom stereocenters. The highest BCUT2D eigenvalue weighted by atomic mass is 16.2. The Morgan fingerprint density at radius 3 is 2.67 bits per heavy atom. The zero-order valence-electron chi connectivity index (χ0n) is 15.5. The van der Waals surface area contributed by atoms with Crippen LogP contribution in [0.25, 0.3) is 0 Å². The Kier molecular flexibility index (Phi) is 4.92. The first-order valence-corrected chi connectivity index (χ1v) is 9.38. The Hall–Kier alpha value is -3.08. The quantitative estimate of drug-likeness (QED) is 0.734. The largest absolute Gasteiger partial charge is 0.367 e. The van der Waals surface area contributed by atoms with E-state index in [2.05, 4.69) is 63.8 Å². The van der Waals surface area contributed by atoms with E-state index in [1.165, 1.54) is 16.8 Å². The van der Waals surface area contributed by atoms with E-state index >= 15 is 0 Å². The van der Waals surface area contributed by atoms with Crippen molar-refractivity contribution in [3.05, 3.63) is 83.7 Å². The van der Waals surface area contributed by atoms with Gasteiger partial charge in [-0.3, -0.25) is 9.48 Å². The lowest BCUT2D eigenvalue weighted by Gasteiger charge is -2.19. The summed E-state index contributed by atoms with van der Waals surface area (Å²) >= 11 is 0. The number of hydrogen-bond acceptors (Lipinski definition) is 3. The molecule has 4 rings (SSSR count). The van der Waals surface area contributed by atoms with Crippen LogP contribution in [0.15, 0.2) is 67.0 Å². The fraction of sp³-hybridized carbons (Fsp3) is 0.273. The summed E-state index contributed by atoms with van der Waals surface area (Å²) in [6.07, 6.45) is 4.60. The Bertz CT molecular complexity index is 902. The van der Waals surface area contributed by atoms with E-state index in [4.69, 9.17) is 0 Å². The van der Waals surface area contributed by atoms with Crippen molar-refractivity contribution in [3.63, 3.8) is 0 Å². The molecular formula is C22H24N4O. The lowest BCUT2D eigenvalue weighted by Crippen LogP contribution is -2.30. The van der Waals surface area contributed by atoms with Crippen LogP contribution in [0.5, 0.6) is 0 Å². The van der Waals surface area contributed by atoms with E-state index in [0.717, 1.165) is 25.1 Å². The van der Waals surface area contributed by atoms with Gasteiger partial charge in [-0.1, -0.05) is 42.5 Å². The van der Waals surface area contributed by atoms with Crippen molar-refractivity contribution in [3.8, 4) is 0 Å². The molecule has 0 radical (unpaired) electrons. The normalized spacial score (nSPS) is 14.0. The third-order valence-corrected chi connectivity index (χ3v) is 5.15. The minimum atomic E-state index is -0.311. The van der Waals surface area contributed by atoms with Gasteiger partial charge in [0.25, 0.3) is 0 Å². The van der Waals surface area contributed by atoms with Gasteiger partial charge in [-0.25, -0.2) is 0 Å². The summed E-state index contributed by atoms with van der Waals surface area (Å²) in [6, 6.07) is 18.6. The van der Waals surface area contributed by atoms with Gasteiger partial charge in [0.1, 0.15) is 6.04 Å². The van der Waals surface area contributed by atoms with E-state index in [1.54, 1.807) is 17.1 Å². The summed E-state index contributed by atoms with van der Waals surface area (Å²) in [5.74, 6) is -0.0311. The molecule has 1 aliphatic heterocycles. The summed E-state index contributed by atoms with van der Waals surface area (Å²) in [5.41, 5.74) is 5.16. The van der Waals surface area contributed by atoms with Crippen molar-refractivity contribution < 1.29 is 4.79 Å². The summed E-state index contributed by atoms with van der Waals surface area (Å²) < 4.78 is 1.66. The molecule has 0 saturated carbocycles. The molecule has 0 fully saturated rings.